The molecule has 6 heteroatoms. The van der Waals surface area contributed by atoms with Gasteiger partial charge in [-0.2, -0.15) is 0 Å². The third-order valence-corrected chi connectivity index (χ3v) is 2.81. The second-order valence-electron chi connectivity index (χ2n) is 4.00. The monoisotopic (exact) mass is 256 g/mol. The van der Waals surface area contributed by atoms with Crippen LogP contribution in [0.5, 0.6) is 11.5 Å². The van der Waals surface area contributed by atoms with E-state index < -0.39 is 24.6 Å². The number of ether oxygens (including phenoxy) is 3. The third kappa shape index (κ3) is 2.56. The number of hydrogen-bond donors (Lipinski definition) is 3. The van der Waals surface area contributed by atoms with Crippen LogP contribution in [0.15, 0.2) is 24.3 Å². The predicted octanol–water partition coefficient (Wildman–Crippen LogP) is -0.487. The average molecular weight is 256 g/mol. The first-order valence-electron chi connectivity index (χ1n) is 5.59. The van der Waals surface area contributed by atoms with Gasteiger partial charge in [0, 0.05) is 0 Å². The van der Waals surface area contributed by atoms with Crippen molar-refractivity contribution in [3.63, 3.8) is 0 Å². The van der Waals surface area contributed by atoms with E-state index in [1.165, 1.54) is 0 Å². The van der Waals surface area contributed by atoms with Crippen LogP contribution in [0.25, 0.3) is 0 Å². The summed E-state index contributed by atoms with van der Waals surface area (Å²) in [6.07, 6.45) is -4.17. The van der Waals surface area contributed by atoms with E-state index in [1.54, 1.807) is 31.4 Å². The molecule has 1 aromatic carbocycles. The van der Waals surface area contributed by atoms with Gasteiger partial charge in [0.1, 0.15) is 29.8 Å². The van der Waals surface area contributed by atoms with Gasteiger partial charge in [0.25, 0.3) is 0 Å². The fourth-order valence-corrected chi connectivity index (χ4v) is 1.75. The molecule has 0 aliphatic carbocycles. The van der Waals surface area contributed by atoms with Crippen LogP contribution in [-0.4, -0.2) is 53.6 Å². The number of aliphatic hydroxyl groups is 3. The highest BCUT2D eigenvalue weighted by molar-refractivity contribution is 5.31. The van der Waals surface area contributed by atoms with Crippen molar-refractivity contribution >= 4 is 0 Å². The Morgan fingerprint density at radius 2 is 1.72 bits per heavy atom. The fraction of sp³-hybridized carbons (Fsp3) is 0.500. The first-order valence-corrected chi connectivity index (χ1v) is 5.59. The third-order valence-electron chi connectivity index (χ3n) is 2.81. The molecule has 1 fully saturated rings. The van der Waals surface area contributed by atoms with Crippen molar-refractivity contribution in [3.8, 4) is 11.5 Å². The molecule has 0 saturated carbocycles. The van der Waals surface area contributed by atoms with Crippen LogP contribution in [0.2, 0.25) is 0 Å². The molecule has 2 rings (SSSR count). The van der Waals surface area contributed by atoms with Crippen LogP contribution in [0, 0.1) is 0 Å². The molecule has 6 nitrogen and oxygen atoms in total. The Kier molecular flexibility index (Phi) is 4.03. The van der Waals surface area contributed by atoms with Crippen LogP contribution in [0.3, 0.4) is 0 Å². The quantitative estimate of drug-likeness (QED) is 0.674. The first kappa shape index (κ1) is 13.1. The molecule has 1 saturated heterocycles. The van der Waals surface area contributed by atoms with Crippen LogP contribution in [-0.2, 0) is 4.74 Å². The molecule has 0 amide bonds. The molecule has 4 atom stereocenters. The van der Waals surface area contributed by atoms with Gasteiger partial charge in [-0.05, 0) is 24.3 Å². The van der Waals surface area contributed by atoms with E-state index >= 15 is 0 Å². The average Bonchev–Trinajstić information content (AvgIpc) is 2.67. The molecule has 0 bridgehead atoms. The molecule has 0 radical (unpaired) electrons. The van der Waals surface area contributed by atoms with Gasteiger partial charge in [0.2, 0.25) is 6.29 Å². The predicted molar refractivity (Wildman–Crippen MR) is 61.4 cm³/mol. The van der Waals surface area contributed by atoms with Gasteiger partial charge in [-0.1, -0.05) is 0 Å². The van der Waals surface area contributed by atoms with Gasteiger partial charge >= 0.3 is 0 Å². The lowest BCUT2D eigenvalue weighted by molar-refractivity contribution is -0.116. The molecule has 18 heavy (non-hydrogen) atoms. The van der Waals surface area contributed by atoms with Gasteiger partial charge in [0.05, 0.1) is 13.7 Å². The molecule has 100 valence electrons. The topological polar surface area (TPSA) is 88.4 Å². The van der Waals surface area contributed by atoms with E-state index in [1.807, 2.05) is 0 Å². The highest BCUT2D eigenvalue weighted by atomic mass is 16.7. The molecule has 0 spiro atoms. The van der Waals surface area contributed by atoms with Gasteiger partial charge in [-0.25, -0.2) is 0 Å². The summed E-state index contributed by atoms with van der Waals surface area (Å²) in [7, 11) is 1.56. The van der Waals surface area contributed by atoms with Crippen molar-refractivity contribution in [2.45, 2.75) is 24.6 Å². The minimum Gasteiger partial charge on any atom is -0.497 e. The number of benzene rings is 1. The Bertz CT molecular complexity index is 379. The standard InChI is InChI=1S/C12H16O6/c1-16-7-2-4-8(5-3-7)17-12-11(15)10(14)9(6-13)18-12/h2-5,9-15H,6H2,1H3/t9-,10-,11-,12+/m1/s1. The summed E-state index contributed by atoms with van der Waals surface area (Å²) in [5.74, 6) is 1.16. The zero-order chi connectivity index (χ0) is 13.1. The number of aliphatic hydroxyl groups excluding tert-OH is 3. The van der Waals surface area contributed by atoms with E-state index in [4.69, 9.17) is 19.3 Å². The van der Waals surface area contributed by atoms with E-state index in [0.717, 1.165) is 0 Å². The van der Waals surface area contributed by atoms with Crippen LogP contribution < -0.4 is 9.47 Å². The smallest absolute Gasteiger partial charge is 0.229 e. The lowest BCUT2D eigenvalue weighted by Crippen LogP contribution is -2.35. The summed E-state index contributed by atoms with van der Waals surface area (Å²) in [5, 5.41) is 28.2. The molecular formula is C12H16O6. The summed E-state index contributed by atoms with van der Waals surface area (Å²) >= 11 is 0. The van der Waals surface area contributed by atoms with E-state index in [9.17, 15) is 10.2 Å². The number of hydrogen-bond acceptors (Lipinski definition) is 6. The SMILES string of the molecule is COc1ccc(O[C@H]2O[C@H](CO)[C@@H](O)[C@H]2O)cc1. The molecule has 0 unspecified atom stereocenters. The van der Waals surface area contributed by atoms with Crippen molar-refractivity contribution in [1.82, 2.24) is 0 Å². The van der Waals surface area contributed by atoms with Crippen molar-refractivity contribution < 1.29 is 29.5 Å². The largest absolute Gasteiger partial charge is 0.497 e. The number of rotatable bonds is 4. The molecule has 1 aliphatic rings. The zero-order valence-corrected chi connectivity index (χ0v) is 9.89. The zero-order valence-electron chi connectivity index (χ0n) is 9.89. The minimum absolute atomic E-state index is 0.374. The number of methoxy groups -OCH3 is 1. The van der Waals surface area contributed by atoms with Crippen molar-refractivity contribution in [2.75, 3.05) is 13.7 Å². The normalized spacial score (nSPS) is 31.3. The second-order valence-corrected chi connectivity index (χ2v) is 4.00. The molecular weight excluding hydrogens is 240 g/mol. The first-order chi connectivity index (χ1) is 8.65. The van der Waals surface area contributed by atoms with Crippen molar-refractivity contribution in [2.24, 2.45) is 0 Å². The molecule has 3 N–H and O–H groups in total. The Balaban J connectivity index is 2.00. The Labute approximate surface area is 104 Å². The van der Waals surface area contributed by atoms with Gasteiger partial charge < -0.3 is 29.5 Å². The molecule has 0 aromatic heterocycles. The van der Waals surface area contributed by atoms with Crippen LogP contribution in [0.4, 0.5) is 0 Å². The Morgan fingerprint density at radius 1 is 1.11 bits per heavy atom. The van der Waals surface area contributed by atoms with Gasteiger partial charge in [-0.15, -0.1) is 0 Å². The van der Waals surface area contributed by atoms with Crippen LogP contribution in [0.1, 0.15) is 0 Å². The maximum Gasteiger partial charge on any atom is 0.229 e. The molecule has 1 aromatic rings. The summed E-state index contributed by atoms with van der Waals surface area (Å²) < 4.78 is 15.6. The fourth-order valence-electron chi connectivity index (χ4n) is 1.75. The Morgan fingerprint density at radius 3 is 2.22 bits per heavy atom. The minimum atomic E-state index is -1.19. The lowest BCUT2D eigenvalue weighted by atomic mass is 10.1. The Hall–Kier alpha value is -1.34. The summed E-state index contributed by atoms with van der Waals surface area (Å²) in [5.41, 5.74) is 0. The van der Waals surface area contributed by atoms with Crippen LogP contribution >= 0.6 is 0 Å². The van der Waals surface area contributed by atoms with E-state index in [0.29, 0.717) is 11.5 Å². The van der Waals surface area contributed by atoms with Gasteiger partial charge in [0.15, 0.2) is 0 Å². The maximum atomic E-state index is 9.69. The highest BCUT2D eigenvalue weighted by Gasteiger charge is 2.43. The van der Waals surface area contributed by atoms with Crippen molar-refractivity contribution in [1.29, 1.82) is 0 Å². The summed E-state index contributed by atoms with van der Waals surface area (Å²) in [4.78, 5) is 0. The van der Waals surface area contributed by atoms with E-state index in [-0.39, 0.29) is 6.61 Å². The highest BCUT2D eigenvalue weighted by Crippen LogP contribution is 2.25. The molecule has 1 heterocycles. The lowest BCUT2D eigenvalue weighted by Gasteiger charge is -2.16. The second kappa shape index (κ2) is 5.53. The van der Waals surface area contributed by atoms with E-state index in [2.05, 4.69) is 0 Å². The van der Waals surface area contributed by atoms with Crippen molar-refractivity contribution in [3.05, 3.63) is 24.3 Å². The van der Waals surface area contributed by atoms with Gasteiger partial charge in [-0.3, -0.25) is 0 Å². The summed E-state index contributed by atoms with van der Waals surface area (Å²) in [6, 6.07) is 6.73. The maximum absolute atomic E-state index is 9.69. The molecule has 1 aliphatic heterocycles. The summed E-state index contributed by atoms with van der Waals surface area (Å²) in [6.45, 7) is -0.374.